The second-order valence-electron chi connectivity index (χ2n) is 10.2. The average Bonchev–Trinajstić information content (AvgIpc) is 3.04. The van der Waals surface area contributed by atoms with Crippen LogP contribution in [0.2, 0.25) is 0 Å². The zero-order valence-corrected chi connectivity index (χ0v) is 27.9. The molecule has 18 heteroatoms. The van der Waals surface area contributed by atoms with Crippen LogP contribution in [0, 0.1) is 0 Å². The van der Waals surface area contributed by atoms with E-state index in [0.29, 0.717) is 23.4 Å². The summed E-state index contributed by atoms with van der Waals surface area (Å²) in [6.07, 6.45) is 4.50. The summed E-state index contributed by atoms with van der Waals surface area (Å²) in [6, 6.07) is 3.42. The predicted octanol–water partition coefficient (Wildman–Crippen LogP) is 0.0307. The van der Waals surface area contributed by atoms with Gasteiger partial charge in [-0.3, -0.25) is 14.4 Å². The van der Waals surface area contributed by atoms with Crippen molar-refractivity contribution >= 4 is 63.2 Å². The number of nitrogens with zero attached hydrogens (tertiary/aromatic N) is 1. The van der Waals surface area contributed by atoms with Gasteiger partial charge in [-0.05, 0) is 61.0 Å². The van der Waals surface area contributed by atoms with Gasteiger partial charge < -0.3 is 45.9 Å². The first-order valence-electron chi connectivity index (χ1n) is 14.3. The third-order valence-corrected chi connectivity index (χ3v) is 8.33. The second-order valence-corrected chi connectivity index (χ2v) is 13.2. The first-order valence-corrected chi connectivity index (χ1v) is 17.1. The minimum absolute atomic E-state index is 0.00628. The van der Waals surface area contributed by atoms with E-state index in [-0.39, 0.29) is 35.8 Å². The maximum atomic E-state index is 13.4. The fourth-order valence-electron chi connectivity index (χ4n) is 3.93. The van der Waals surface area contributed by atoms with Crippen molar-refractivity contribution in [2.45, 2.75) is 42.4 Å². The van der Waals surface area contributed by atoms with Gasteiger partial charge >= 0.3 is 11.9 Å². The van der Waals surface area contributed by atoms with Crippen LogP contribution in [0.1, 0.15) is 35.2 Å². The van der Waals surface area contributed by atoms with E-state index in [1.54, 1.807) is 6.07 Å². The van der Waals surface area contributed by atoms with Gasteiger partial charge in [0, 0.05) is 24.6 Å². The van der Waals surface area contributed by atoms with Crippen molar-refractivity contribution in [3.63, 3.8) is 0 Å². The minimum Gasteiger partial charge on any atom is -0.504 e. The molecule has 2 aromatic rings. The van der Waals surface area contributed by atoms with Crippen LogP contribution >= 0.6 is 11.8 Å². The Hall–Kier alpha value is -4.65. The molecule has 0 aliphatic heterocycles. The van der Waals surface area contributed by atoms with Gasteiger partial charge in [-0.1, -0.05) is 6.07 Å². The van der Waals surface area contributed by atoms with E-state index < -0.39 is 63.3 Å². The number of benzene rings is 1. The van der Waals surface area contributed by atoms with Crippen molar-refractivity contribution in [3.05, 3.63) is 53.7 Å². The summed E-state index contributed by atoms with van der Waals surface area (Å²) >= 11 is 1.10. The number of thioether (sulfide) groups is 1. The smallest absolute Gasteiger partial charge is 0.339 e. The monoisotopic (exact) mass is 709 g/mol. The topological polar surface area (TPSA) is 257 Å². The minimum atomic E-state index is -3.46. The van der Waals surface area contributed by atoms with E-state index in [1.807, 2.05) is 0 Å². The molecule has 3 amide bonds. The number of aromatic nitrogens is 1. The molecule has 16 nitrogen and oxygen atoms in total. The number of nitrogens with one attached hydrogen (secondary N) is 3. The summed E-state index contributed by atoms with van der Waals surface area (Å²) in [6.45, 7) is 0.117. The van der Waals surface area contributed by atoms with Crippen LogP contribution in [0.4, 0.5) is 0 Å². The normalized spacial score (nSPS) is 14.2. The lowest BCUT2D eigenvalue weighted by atomic mass is 10.1. The highest BCUT2D eigenvalue weighted by Crippen LogP contribution is 2.25. The lowest BCUT2D eigenvalue weighted by Gasteiger charge is -2.22. The number of aromatic hydroxyl groups is 2. The molecular formula is C30H39N5O11S2. The number of rotatable bonds is 18. The summed E-state index contributed by atoms with van der Waals surface area (Å²) in [5.74, 6) is -1.56. The van der Waals surface area contributed by atoms with E-state index in [2.05, 4.69) is 31.5 Å². The molecule has 4 atom stereocenters. The number of carbonyl (C=O) groups excluding carboxylic acids is 5. The van der Waals surface area contributed by atoms with Gasteiger partial charge in [0.1, 0.15) is 12.1 Å². The third kappa shape index (κ3) is 14.0. The highest BCUT2D eigenvalue weighted by molar-refractivity contribution is 7.99. The Bertz CT molecular complexity index is 1580. The van der Waals surface area contributed by atoms with Gasteiger partial charge in [-0.15, -0.1) is 11.8 Å². The fourth-order valence-corrected chi connectivity index (χ4v) is 5.49. The second kappa shape index (κ2) is 19.2. The van der Waals surface area contributed by atoms with E-state index in [0.717, 1.165) is 24.9 Å². The lowest BCUT2D eigenvalue weighted by molar-refractivity contribution is -0.144. The molecule has 0 radical (unpaired) electrons. The number of esters is 2. The fraction of sp³-hybridized carbons (Fsp3) is 0.367. The molecule has 1 heterocycles. The Kier molecular flexibility index (Phi) is 15.8. The first-order chi connectivity index (χ1) is 22.6. The zero-order chi connectivity index (χ0) is 35.9. The Morgan fingerprint density at radius 1 is 1.02 bits per heavy atom. The van der Waals surface area contributed by atoms with Gasteiger partial charge in [0.25, 0.3) is 0 Å². The summed E-state index contributed by atoms with van der Waals surface area (Å²) in [4.78, 5) is 66.6. The molecule has 0 aliphatic carbocycles. The van der Waals surface area contributed by atoms with E-state index in [4.69, 9.17) is 10.5 Å². The molecular weight excluding hydrogens is 670 g/mol. The number of nitrogens with two attached hydrogens (primary N) is 1. The van der Waals surface area contributed by atoms with Crippen LogP contribution in [0.25, 0.3) is 6.08 Å². The number of phenols is 2. The van der Waals surface area contributed by atoms with Gasteiger partial charge in [-0.25, -0.2) is 18.8 Å². The molecule has 8 N–H and O–H groups in total. The number of hydrogen-bond acceptors (Lipinski definition) is 13. The number of methoxy groups -OCH3 is 2. The van der Waals surface area contributed by atoms with Crippen molar-refractivity contribution in [2.24, 2.45) is 5.73 Å². The summed E-state index contributed by atoms with van der Waals surface area (Å²) in [5.41, 5.74) is 6.25. The van der Waals surface area contributed by atoms with Crippen LogP contribution < -0.4 is 21.7 Å². The van der Waals surface area contributed by atoms with Crippen LogP contribution in [-0.2, 0) is 38.5 Å². The number of phenolic OH excluding ortho intramolecular Hbond substituents is 2. The predicted molar refractivity (Wildman–Crippen MR) is 179 cm³/mol. The molecule has 0 aliphatic rings. The van der Waals surface area contributed by atoms with Gasteiger partial charge in [0.15, 0.2) is 11.5 Å². The van der Waals surface area contributed by atoms with Crippen molar-refractivity contribution < 1.29 is 52.4 Å². The number of hydrogen-bond donors (Lipinski definition) is 7. The van der Waals surface area contributed by atoms with Crippen LogP contribution in [0.5, 0.6) is 11.5 Å². The molecule has 1 aromatic carbocycles. The van der Waals surface area contributed by atoms with Gasteiger partial charge in [-0.2, -0.15) is 0 Å². The van der Waals surface area contributed by atoms with Crippen LogP contribution in [0.3, 0.4) is 0 Å². The molecule has 3 unspecified atom stereocenters. The number of carbonyl (C=O) groups is 5. The standard InChI is InChI=1S/C30H39N5O11S2/c1-45-29(41)19-9-12-26(33-15-19)47-16-22(30(42)46-2)35-28(40)21(6-4-5-13-32-27(39)20(31)17-48(3,43)44)34-25(38)11-8-18-7-10-23(36)24(37)14-18/h7-12,14-15,20-22,36-37H,3-6,13,16-17,31H2,1-2H3,(H,32,39)(H,34,38)(H,35,40)(H,43,44)/b11-8+/t20?,21-,22?/m0/s1. The number of pyridine rings is 1. The van der Waals surface area contributed by atoms with Gasteiger partial charge in [0.05, 0.1) is 46.4 Å². The molecule has 0 saturated carbocycles. The SMILES string of the molecule is C=S(=O)(O)CC(N)C(=O)NCCCC[C@H](NC(=O)/C=C/c1ccc(O)c(O)c1)C(=O)NC(CSc1ccc(C(=O)OC)cn1)C(=O)OC. The average molecular weight is 710 g/mol. The van der Waals surface area contributed by atoms with Gasteiger partial charge in [0.2, 0.25) is 17.7 Å². The van der Waals surface area contributed by atoms with E-state index >= 15 is 0 Å². The zero-order valence-electron chi connectivity index (χ0n) is 26.2. The first kappa shape index (κ1) is 39.5. The van der Waals surface area contributed by atoms with Crippen molar-refractivity contribution in [2.75, 3.05) is 32.3 Å². The largest absolute Gasteiger partial charge is 0.504 e. The molecule has 0 fully saturated rings. The third-order valence-electron chi connectivity index (χ3n) is 6.41. The van der Waals surface area contributed by atoms with Crippen molar-refractivity contribution in [1.29, 1.82) is 0 Å². The maximum Gasteiger partial charge on any atom is 0.339 e. The maximum absolute atomic E-state index is 13.4. The molecule has 0 spiro atoms. The molecule has 2 rings (SSSR count). The van der Waals surface area contributed by atoms with Crippen LogP contribution in [-0.4, -0.2) is 110 Å². The highest BCUT2D eigenvalue weighted by Gasteiger charge is 2.27. The summed E-state index contributed by atoms with van der Waals surface area (Å²) in [7, 11) is -1.07. The van der Waals surface area contributed by atoms with E-state index in [1.165, 1.54) is 43.6 Å². The molecule has 0 saturated heterocycles. The molecule has 1 aromatic heterocycles. The Morgan fingerprint density at radius 2 is 1.75 bits per heavy atom. The Labute approximate surface area is 281 Å². The molecule has 262 valence electrons. The van der Waals surface area contributed by atoms with E-state index in [9.17, 15) is 42.9 Å². The quantitative estimate of drug-likeness (QED) is 0.0269. The number of unbranched alkanes of at least 4 members (excludes halogenated alkanes) is 1. The Morgan fingerprint density at radius 3 is 2.35 bits per heavy atom. The lowest BCUT2D eigenvalue weighted by Crippen LogP contribution is -2.52. The summed E-state index contributed by atoms with van der Waals surface area (Å²) < 4.78 is 30.2. The summed E-state index contributed by atoms with van der Waals surface area (Å²) in [5, 5.41) is 27.3. The van der Waals surface area contributed by atoms with Crippen LogP contribution in [0.15, 0.2) is 47.6 Å². The highest BCUT2D eigenvalue weighted by atomic mass is 32.2. The number of ether oxygens (including phenoxy) is 2. The number of amides is 3. The molecule has 48 heavy (non-hydrogen) atoms. The molecule has 0 bridgehead atoms. The Balaban J connectivity index is 2.10. The van der Waals surface area contributed by atoms with Crippen molar-refractivity contribution in [3.8, 4) is 11.5 Å². The van der Waals surface area contributed by atoms with Crippen molar-refractivity contribution in [1.82, 2.24) is 20.9 Å².